The minimum Gasteiger partial charge on any atom is -0.387 e. The summed E-state index contributed by atoms with van der Waals surface area (Å²) in [4.78, 5) is 57.9. The minimum absolute atomic E-state index is 0.0146. The van der Waals surface area contributed by atoms with Crippen LogP contribution >= 0.6 is 0 Å². The summed E-state index contributed by atoms with van der Waals surface area (Å²) in [6, 6.07) is -0.130. The zero-order valence-electron chi connectivity index (χ0n) is 27.4. The van der Waals surface area contributed by atoms with Gasteiger partial charge in [0, 0.05) is 32.1 Å². The summed E-state index contributed by atoms with van der Waals surface area (Å²) < 4.78 is 22.9. The molecule has 1 aromatic rings. The topological polar surface area (TPSA) is 183 Å². The molecule has 9 atom stereocenters. The molecule has 4 saturated heterocycles. The summed E-state index contributed by atoms with van der Waals surface area (Å²) in [6.45, 7) is 9.96. The van der Waals surface area contributed by atoms with E-state index in [2.05, 4.69) is 28.5 Å². The van der Waals surface area contributed by atoms with Gasteiger partial charge in [0.05, 0.1) is 37.4 Å². The Labute approximate surface area is 273 Å². The Hall–Kier alpha value is -3.72. The zero-order chi connectivity index (χ0) is 33.9. The standard InChI is InChI=1S/C33H44N4O10/c1-18(6-9-25-20(3)14-24(21(4)44-25)35-27(38)11-8-19(2)32-34-22(5)46-36-32)7-10-26-31(42)33(17-43-33)16-23(45-26)15-30(41)47-37-28(39)12-13-29(37)40/h6-8,10-11,19-21,23-26,31,42H,9,12-17H2,1-5H3,(H,35,38)/b10-7+,11-8-,18-6+/t19-,20+,21-,23-,24-,25+,26-,31-,33-/m1/s1. The molecule has 3 amide bonds. The van der Waals surface area contributed by atoms with Crippen LogP contribution in [-0.4, -0.2) is 92.8 Å². The Morgan fingerprint density at radius 1 is 1.19 bits per heavy atom. The first-order valence-electron chi connectivity index (χ1n) is 16.2. The lowest BCUT2D eigenvalue weighted by atomic mass is 9.87. The van der Waals surface area contributed by atoms with Crippen molar-refractivity contribution < 1.29 is 47.9 Å². The minimum atomic E-state index is -0.920. The molecule has 4 aliphatic rings. The number of aryl methyl sites for hydroxylation is 1. The number of carbonyl (C=O) groups excluding carboxylic acids is 4. The number of aromatic nitrogens is 2. The number of rotatable bonds is 11. The summed E-state index contributed by atoms with van der Waals surface area (Å²) in [5, 5.41) is 18.4. The maximum Gasteiger partial charge on any atom is 0.335 e. The molecule has 14 nitrogen and oxygen atoms in total. The van der Waals surface area contributed by atoms with Crippen molar-refractivity contribution in [1.29, 1.82) is 0 Å². The molecule has 5 heterocycles. The Bertz CT molecular complexity index is 1420. The van der Waals surface area contributed by atoms with Crippen molar-refractivity contribution in [1.82, 2.24) is 20.5 Å². The average molecular weight is 657 g/mol. The SMILES string of the molecule is CC(/C=C/[C@H]1O[C@H](CC(=O)ON2C(=O)CCC2=O)C[C@@]2(CO2)[C@@H]1O)=C\C[C@@H]1O[C@H](C)[C@H](NC(=O)/C=C\[C@@H](C)c2noc(C)n2)C[C@@H]1C. The number of hydrogen-bond donors (Lipinski definition) is 2. The number of epoxide rings is 1. The van der Waals surface area contributed by atoms with E-state index in [0.717, 1.165) is 12.0 Å². The lowest BCUT2D eigenvalue weighted by Crippen LogP contribution is -2.50. The van der Waals surface area contributed by atoms with Gasteiger partial charge in [-0.2, -0.15) is 4.98 Å². The van der Waals surface area contributed by atoms with Crippen LogP contribution in [-0.2, 0) is 38.2 Å². The fourth-order valence-corrected chi connectivity index (χ4v) is 6.16. The fourth-order valence-electron chi connectivity index (χ4n) is 6.16. The largest absolute Gasteiger partial charge is 0.387 e. The lowest BCUT2D eigenvalue weighted by Gasteiger charge is -2.39. The number of nitrogens with one attached hydrogen (secondary N) is 1. The molecule has 1 spiro atoms. The van der Waals surface area contributed by atoms with E-state index in [1.165, 1.54) is 6.08 Å². The summed E-state index contributed by atoms with van der Waals surface area (Å²) in [6.07, 6.45) is 7.96. The second-order valence-corrected chi connectivity index (χ2v) is 13.0. The number of allylic oxidation sites excluding steroid dienone is 3. The van der Waals surface area contributed by atoms with E-state index in [-0.39, 0.29) is 61.7 Å². The number of aliphatic hydroxyl groups is 1. The van der Waals surface area contributed by atoms with E-state index in [4.69, 9.17) is 23.6 Å². The maximum absolute atomic E-state index is 12.6. The molecule has 256 valence electrons. The highest BCUT2D eigenvalue weighted by Gasteiger charge is 2.58. The number of carbonyl (C=O) groups is 4. The molecular formula is C33H44N4O10. The van der Waals surface area contributed by atoms with Gasteiger partial charge in [0.2, 0.25) is 11.8 Å². The normalized spacial score (nSPS) is 33.6. The number of imide groups is 1. The van der Waals surface area contributed by atoms with E-state index >= 15 is 0 Å². The molecule has 47 heavy (non-hydrogen) atoms. The van der Waals surface area contributed by atoms with Gasteiger partial charge >= 0.3 is 5.97 Å². The quantitative estimate of drug-likeness (QED) is 0.154. The van der Waals surface area contributed by atoms with E-state index < -0.39 is 41.7 Å². The first-order chi connectivity index (χ1) is 22.3. The van der Waals surface area contributed by atoms with Crippen LogP contribution in [0.25, 0.3) is 0 Å². The molecule has 0 radical (unpaired) electrons. The van der Waals surface area contributed by atoms with E-state index in [1.54, 1.807) is 19.1 Å². The Kier molecular flexibility index (Phi) is 10.7. The van der Waals surface area contributed by atoms with Crippen LogP contribution < -0.4 is 5.32 Å². The molecule has 4 aliphatic heterocycles. The number of hydrogen-bond acceptors (Lipinski definition) is 12. The van der Waals surface area contributed by atoms with Crippen LogP contribution in [0, 0.1) is 12.8 Å². The molecule has 0 unspecified atom stereocenters. The third kappa shape index (κ3) is 8.61. The zero-order valence-corrected chi connectivity index (χ0v) is 27.4. The van der Waals surface area contributed by atoms with Crippen molar-refractivity contribution in [3.8, 4) is 0 Å². The highest BCUT2D eigenvalue weighted by Crippen LogP contribution is 2.43. The molecule has 14 heteroatoms. The molecular weight excluding hydrogens is 612 g/mol. The first-order valence-corrected chi connectivity index (χ1v) is 16.2. The molecule has 1 aromatic heterocycles. The van der Waals surface area contributed by atoms with Gasteiger partial charge in [-0.3, -0.25) is 14.4 Å². The van der Waals surface area contributed by atoms with Gasteiger partial charge < -0.3 is 34.0 Å². The van der Waals surface area contributed by atoms with Gasteiger partial charge in [0.1, 0.15) is 17.8 Å². The van der Waals surface area contributed by atoms with Gasteiger partial charge in [-0.05, 0) is 38.7 Å². The predicted molar refractivity (Wildman–Crippen MR) is 164 cm³/mol. The number of aliphatic hydroxyl groups excluding tert-OH is 1. The third-order valence-corrected chi connectivity index (χ3v) is 9.13. The van der Waals surface area contributed by atoms with E-state index in [0.29, 0.717) is 29.8 Å². The van der Waals surface area contributed by atoms with Crippen LogP contribution in [0.1, 0.15) is 83.9 Å². The Morgan fingerprint density at radius 3 is 2.57 bits per heavy atom. The summed E-state index contributed by atoms with van der Waals surface area (Å²) in [5.41, 5.74) is 0.137. The van der Waals surface area contributed by atoms with Crippen molar-refractivity contribution >= 4 is 23.7 Å². The molecule has 0 saturated carbocycles. The number of ether oxygens (including phenoxy) is 3. The van der Waals surface area contributed by atoms with Crippen molar-refractivity contribution in [2.24, 2.45) is 5.92 Å². The third-order valence-electron chi connectivity index (χ3n) is 9.13. The summed E-state index contributed by atoms with van der Waals surface area (Å²) in [7, 11) is 0. The highest BCUT2D eigenvalue weighted by atomic mass is 16.7. The Morgan fingerprint density at radius 2 is 1.91 bits per heavy atom. The number of amides is 3. The van der Waals surface area contributed by atoms with Crippen molar-refractivity contribution in [3.05, 3.63) is 47.7 Å². The summed E-state index contributed by atoms with van der Waals surface area (Å²) in [5.74, 6) is -1.02. The number of hydroxylamine groups is 2. The lowest BCUT2D eigenvalue weighted by molar-refractivity contribution is -0.202. The summed E-state index contributed by atoms with van der Waals surface area (Å²) >= 11 is 0. The van der Waals surface area contributed by atoms with Gasteiger partial charge in [0.15, 0.2) is 5.82 Å². The van der Waals surface area contributed by atoms with E-state index in [9.17, 15) is 24.3 Å². The monoisotopic (exact) mass is 656 g/mol. The van der Waals surface area contributed by atoms with Gasteiger partial charge in [-0.1, -0.05) is 48.9 Å². The smallest absolute Gasteiger partial charge is 0.335 e. The van der Waals surface area contributed by atoms with Crippen molar-refractivity contribution in [3.63, 3.8) is 0 Å². The van der Waals surface area contributed by atoms with Crippen molar-refractivity contribution in [2.75, 3.05) is 6.61 Å². The van der Waals surface area contributed by atoms with Crippen LogP contribution in [0.2, 0.25) is 0 Å². The Balaban J connectivity index is 1.09. The fraction of sp³-hybridized carbons (Fsp3) is 0.636. The van der Waals surface area contributed by atoms with E-state index in [1.807, 2.05) is 26.8 Å². The van der Waals surface area contributed by atoms with Gasteiger partial charge in [-0.15, -0.1) is 5.06 Å². The van der Waals surface area contributed by atoms with Crippen LogP contribution in [0.5, 0.6) is 0 Å². The maximum atomic E-state index is 12.6. The molecule has 4 fully saturated rings. The van der Waals surface area contributed by atoms with Crippen LogP contribution in [0.4, 0.5) is 0 Å². The molecule has 5 rings (SSSR count). The van der Waals surface area contributed by atoms with Crippen molar-refractivity contribution in [2.45, 2.75) is 121 Å². The van der Waals surface area contributed by atoms with Crippen LogP contribution in [0.15, 0.2) is 40.5 Å². The molecule has 0 aromatic carbocycles. The van der Waals surface area contributed by atoms with Gasteiger partial charge in [-0.25, -0.2) is 4.79 Å². The second kappa shape index (κ2) is 14.6. The predicted octanol–water partition coefficient (Wildman–Crippen LogP) is 2.51. The highest BCUT2D eigenvalue weighted by molar-refractivity contribution is 6.01. The number of nitrogens with zero attached hydrogens (tertiary/aromatic N) is 3. The van der Waals surface area contributed by atoms with Crippen LogP contribution in [0.3, 0.4) is 0 Å². The van der Waals surface area contributed by atoms with Gasteiger partial charge in [0.25, 0.3) is 11.8 Å². The first kappa shape index (κ1) is 34.6. The molecule has 2 N–H and O–H groups in total. The average Bonchev–Trinajstić information content (AvgIpc) is 3.55. The molecule has 0 aliphatic carbocycles. The second-order valence-electron chi connectivity index (χ2n) is 13.0. The molecule has 0 bridgehead atoms.